The van der Waals surface area contributed by atoms with Gasteiger partial charge in [0, 0.05) is 49.2 Å². The van der Waals surface area contributed by atoms with Gasteiger partial charge in [0.1, 0.15) is 11.6 Å². The molecular formula is C23H28F2N4O. The lowest BCUT2D eigenvalue weighted by Crippen LogP contribution is -2.58. The second kappa shape index (κ2) is 8.30. The number of nitrogens with one attached hydrogen (secondary N) is 2. The summed E-state index contributed by atoms with van der Waals surface area (Å²) in [5.41, 5.74) is 2.16. The molecule has 1 spiro atoms. The van der Waals surface area contributed by atoms with Crippen LogP contribution in [0.15, 0.2) is 30.6 Å². The molecule has 1 aromatic heterocycles. The number of rotatable bonds is 6. The average Bonchev–Trinajstić information content (AvgIpc) is 3.16. The molecule has 0 aliphatic carbocycles. The highest BCUT2D eigenvalue weighted by atomic mass is 19.1. The molecule has 2 saturated heterocycles. The van der Waals surface area contributed by atoms with E-state index < -0.39 is 11.6 Å². The number of amides is 1. The monoisotopic (exact) mass is 414 g/mol. The van der Waals surface area contributed by atoms with E-state index in [1.165, 1.54) is 12.1 Å². The van der Waals surface area contributed by atoms with Crippen molar-refractivity contribution in [2.75, 3.05) is 31.1 Å². The Morgan fingerprint density at radius 2 is 2.00 bits per heavy atom. The van der Waals surface area contributed by atoms with E-state index in [2.05, 4.69) is 34.4 Å². The number of nitrogens with zero attached hydrogens (tertiary/aromatic N) is 2. The van der Waals surface area contributed by atoms with Gasteiger partial charge in [0.2, 0.25) is 0 Å². The lowest BCUT2D eigenvalue weighted by atomic mass is 9.87. The molecule has 5 nitrogen and oxygen atoms in total. The first-order valence-corrected chi connectivity index (χ1v) is 10.6. The number of carbonyl (C=O) groups excluding carboxylic acids is 1. The zero-order chi connectivity index (χ0) is 21.3. The van der Waals surface area contributed by atoms with Crippen LogP contribution in [0.2, 0.25) is 0 Å². The van der Waals surface area contributed by atoms with Crippen molar-refractivity contribution >= 4 is 11.6 Å². The zero-order valence-electron chi connectivity index (χ0n) is 17.5. The summed E-state index contributed by atoms with van der Waals surface area (Å²) in [6.45, 7) is 7.25. The fraction of sp³-hybridized carbons (Fsp3) is 0.478. The summed E-state index contributed by atoms with van der Waals surface area (Å²) in [5.74, 6) is -1.15. The van der Waals surface area contributed by atoms with Crippen molar-refractivity contribution in [3.63, 3.8) is 0 Å². The molecule has 0 radical (unpaired) electrons. The van der Waals surface area contributed by atoms with E-state index in [9.17, 15) is 13.6 Å². The third-order valence-electron chi connectivity index (χ3n) is 6.42. The van der Waals surface area contributed by atoms with E-state index in [0.717, 1.165) is 45.0 Å². The van der Waals surface area contributed by atoms with Crippen LogP contribution in [0, 0.1) is 17.6 Å². The largest absolute Gasteiger partial charge is 0.368 e. The maximum absolute atomic E-state index is 14.0. The molecule has 1 aromatic carbocycles. The maximum Gasteiger partial charge on any atom is 0.254 e. The number of carbonyl (C=O) groups is 1. The lowest BCUT2D eigenvalue weighted by Gasteiger charge is -2.40. The molecule has 0 saturated carbocycles. The molecule has 4 rings (SSSR count). The second-order valence-corrected chi connectivity index (χ2v) is 8.59. The van der Waals surface area contributed by atoms with Crippen LogP contribution >= 0.6 is 0 Å². The van der Waals surface area contributed by atoms with Gasteiger partial charge in [-0.05, 0) is 43.0 Å². The van der Waals surface area contributed by atoms with Crippen LogP contribution in [-0.4, -0.2) is 42.6 Å². The van der Waals surface area contributed by atoms with Gasteiger partial charge in [-0.2, -0.15) is 0 Å². The molecule has 7 heteroatoms. The first-order chi connectivity index (χ1) is 14.4. The van der Waals surface area contributed by atoms with Crippen molar-refractivity contribution < 1.29 is 13.6 Å². The van der Waals surface area contributed by atoms with Gasteiger partial charge < -0.3 is 15.5 Å². The second-order valence-electron chi connectivity index (χ2n) is 8.59. The van der Waals surface area contributed by atoms with E-state index in [-0.39, 0.29) is 11.4 Å². The third-order valence-corrected chi connectivity index (χ3v) is 6.42. The Morgan fingerprint density at radius 1 is 1.27 bits per heavy atom. The Hall–Kier alpha value is -2.54. The summed E-state index contributed by atoms with van der Waals surface area (Å²) in [6, 6.07) is 3.43. The van der Waals surface area contributed by atoms with E-state index in [4.69, 9.17) is 0 Å². The fourth-order valence-electron chi connectivity index (χ4n) is 4.28. The Balaban J connectivity index is 1.75. The molecule has 2 aromatic rings. The minimum atomic E-state index is -0.652. The lowest BCUT2D eigenvalue weighted by molar-refractivity contribution is 0.0948. The van der Waals surface area contributed by atoms with Crippen molar-refractivity contribution in [1.29, 1.82) is 0 Å². The van der Waals surface area contributed by atoms with Crippen molar-refractivity contribution in [3.05, 3.63) is 47.8 Å². The van der Waals surface area contributed by atoms with E-state index >= 15 is 0 Å². The SMILES string of the molecule is CCC(C)CNC(=O)c1cncc(-c2cc(F)cc(F)c2)c1N1CCC2(CCN2)C1. The predicted octanol–water partition coefficient (Wildman–Crippen LogP) is 3.74. The van der Waals surface area contributed by atoms with Gasteiger partial charge in [-0.3, -0.25) is 9.78 Å². The molecule has 2 N–H and O–H groups in total. The van der Waals surface area contributed by atoms with Crippen molar-refractivity contribution in [2.45, 2.75) is 38.6 Å². The standard InChI is InChI=1S/C23H28F2N4O/c1-3-15(2)11-27-22(30)20-13-26-12-19(16-8-17(24)10-18(25)9-16)21(20)29-7-5-23(14-29)4-6-28-23/h8-10,12-13,15,28H,3-7,11,14H2,1-2H3,(H,27,30). The van der Waals surface area contributed by atoms with Gasteiger partial charge >= 0.3 is 0 Å². The van der Waals surface area contributed by atoms with Crippen LogP contribution in [0.4, 0.5) is 14.5 Å². The van der Waals surface area contributed by atoms with Crippen molar-refractivity contribution in [3.8, 4) is 11.1 Å². The molecule has 2 aliphatic rings. The maximum atomic E-state index is 14.0. The van der Waals surface area contributed by atoms with Crippen LogP contribution in [-0.2, 0) is 0 Å². The molecular weight excluding hydrogens is 386 g/mol. The first-order valence-electron chi connectivity index (χ1n) is 10.6. The van der Waals surface area contributed by atoms with Crippen molar-refractivity contribution in [2.24, 2.45) is 5.92 Å². The van der Waals surface area contributed by atoms with Crippen LogP contribution in [0.1, 0.15) is 43.5 Å². The first kappa shape index (κ1) is 20.7. The zero-order valence-corrected chi connectivity index (χ0v) is 17.5. The molecule has 2 unspecified atom stereocenters. The van der Waals surface area contributed by atoms with Crippen LogP contribution < -0.4 is 15.5 Å². The Labute approximate surface area is 175 Å². The third kappa shape index (κ3) is 4.03. The minimum absolute atomic E-state index is 0.0677. The summed E-state index contributed by atoms with van der Waals surface area (Å²) in [4.78, 5) is 19.5. The van der Waals surface area contributed by atoms with Crippen molar-refractivity contribution in [1.82, 2.24) is 15.6 Å². The highest BCUT2D eigenvalue weighted by Gasteiger charge is 2.43. The Morgan fingerprint density at radius 3 is 2.60 bits per heavy atom. The van der Waals surface area contributed by atoms with Gasteiger partial charge in [-0.25, -0.2) is 8.78 Å². The molecule has 2 fully saturated rings. The highest BCUT2D eigenvalue weighted by Crippen LogP contribution is 2.40. The molecule has 1 amide bonds. The molecule has 3 heterocycles. The summed E-state index contributed by atoms with van der Waals surface area (Å²) < 4.78 is 27.9. The summed E-state index contributed by atoms with van der Waals surface area (Å²) >= 11 is 0. The Kier molecular flexibility index (Phi) is 5.73. The molecule has 2 atom stereocenters. The van der Waals surface area contributed by atoms with E-state index in [0.29, 0.717) is 34.8 Å². The van der Waals surface area contributed by atoms with Gasteiger partial charge in [-0.1, -0.05) is 20.3 Å². The Bertz CT molecular complexity index is 925. The van der Waals surface area contributed by atoms with Crippen LogP contribution in [0.25, 0.3) is 11.1 Å². The number of halogens is 2. The number of benzene rings is 1. The summed E-state index contributed by atoms with van der Waals surface area (Å²) in [7, 11) is 0. The van der Waals surface area contributed by atoms with E-state index in [1.54, 1.807) is 12.4 Å². The van der Waals surface area contributed by atoms with Gasteiger partial charge in [0.15, 0.2) is 0 Å². The minimum Gasteiger partial charge on any atom is -0.368 e. The highest BCUT2D eigenvalue weighted by molar-refractivity contribution is 6.03. The smallest absolute Gasteiger partial charge is 0.254 e. The van der Waals surface area contributed by atoms with Gasteiger partial charge in [-0.15, -0.1) is 0 Å². The van der Waals surface area contributed by atoms with Crippen LogP contribution in [0.5, 0.6) is 0 Å². The number of aromatic nitrogens is 1. The van der Waals surface area contributed by atoms with Gasteiger partial charge in [0.25, 0.3) is 5.91 Å². The summed E-state index contributed by atoms with van der Waals surface area (Å²) in [6.07, 6.45) is 6.18. The quantitative estimate of drug-likeness (QED) is 0.756. The molecule has 160 valence electrons. The van der Waals surface area contributed by atoms with Crippen LogP contribution in [0.3, 0.4) is 0 Å². The topological polar surface area (TPSA) is 57.3 Å². The van der Waals surface area contributed by atoms with Gasteiger partial charge in [0.05, 0.1) is 11.3 Å². The average molecular weight is 415 g/mol. The normalized spacial score (nSPS) is 21.5. The van der Waals surface area contributed by atoms with E-state index in [1.807, 2.05) is 0 Å². The molecule has 0 bridgehead atoms. The fourth-order valence-corrected chi connectivity index (χ4v) is 4.28. The predicted molar refractivity (Wildman–Crippen MR) is 114 cm³/mol. The summed E-state index contributed by atoms with van der Waals surface area (Å²) in [5, 5.41) is 6.51. The number of anilines is 1. The molecule has 2 aliphatic heterocycles. The molecule has 30 heavy (non-hydrogen) atoms. The number of pyridine rings is 1. The number of hydrogen-bond acceptors (Lipinski definition) is 4. The number of hydrogen-bond donors (Lipinski definition) is 2.